The van der Waals surface area contributed by atoms with E-state index < -0.39 is 5.91 Å². The van der Waals surface area contributed by atoms with Crippen molar-refractivity contribution in [2.75, 3.05) is 13.1 Å². The van der Waals surface area contributed by atoms with Gasteiger partial charge in [-0.15, -0.1) is 11.3 Å². The van der Waals surface area contributed by atoms with Gasteiger partial charge in [-0.2, -0.15) is 0 Å². The predicted octanol–water partition coefficient (Wildman–Crippen LogP) is 2.34. The summed E-state index contributed by atoms with van der Waals surface area (Å²) in [7, 11) is 0. The van der Waals surface area contributed by atoms with Crippen LogP contribution in [0.25, 0.3) is 10.9 Å². The van der Waals surface area contributed by atoms with Crippen LogP contribution in [0.4, 0.5) is 0 Å². The lowest BCUT2D eigenvalue weighted by Gasteiger charge is -2.07. The van der Waals surface area contributed by atoms with E-state index in [9.17, 15) is 14.4 Å². The lowest BCUT2D eigenvalue weighted by atomic mass is 10.0. The molecule has 0 aliphatic heterocycles. The fraction of sp³-hybridized carbons (Fsp3) is 0.364. The quantitative estimate of drug-likeness (QED) is 0.507. The summed E-state index contributed by atoms with van der Waals surface area (Å²) >= 11 is 1.79. The highest BCUT2D eigenvalue weighted by atomic mass is 32.1. The summed E-state index contributed by atoms with van der Waals surface area (Å²) in [4.78, 5) is 45.8. The van der Waals surface area contributed by atoms with Crippen LogP contribution >= 0.6 is 11.3 Å². The third-order valence-corrected chi connectivity index (χ3v) is 6.44. The first-order valence-electron chi connectivity index (χ1n) is 10.2. The van der Waals surface area contributed by atoms with Gasteiger partial charge in [-0.25, -0.2) is 4.98 Å². The van der Waals surface area contributed by atoms with Crippen LogP contribution in [0.2, 0.25) is 0 Å². The van der Waals surface area contributed by atoms with Crippen molar-refractivity contribution < 1.29 is 9.59 Å². The number of aryl methyl sites for hydroxylation is 3. The molecule has 3 N–H and O–H groups in total. The number of nitrogens with zero attached hydrogens (tertiary/aromatic N) is 1. The maximum Gasteiger partial charge on any atom is 0.257 e. The largest absolute Gasteiger partial charge is 0.360 e. The van der Waals surface area contributed by atoms with Gasteiger partial charge in [0.25, 0.3) is 5.91 Å². The fourth-order valence-corrected chi connectivity index (χ4v) is 4.83. The van der Waals surface area contributed by atoms with Crippen LogP contribution in [0, 0.1) is 0 Å². The van der Waals surface area contributed by atoms with Gasteiger partial charge in [-0.1, -0.05) is 12.1 Å². The number of pyridine rings is 1. The molecule has 0 fully saturated rings. The molecule has 0 spiro atoms. The minimum absolute atomic E-state index is 0.00534. The minimum atomic E-state index is -0.564. The number of H-pyrrole nitrogens is 1. The summed E-state index contributed by atoms with van der Waals surface area (Å²) in [6, 6.07) is 6.99. The molecule has 0 saturated carbocycles. The number of carbonyl (C=O) groups excluding carboxylic acids is 2. The molecule has 2 amide bonds. The second-order valence-electron chi connectivity index (χ2n) is 7.40. The zero-order chi connectivity index (χ0) is 20.9. The van der Waals surface area contributed by atoms with Gasteiger partial charge < -0.3 is 15.6 Å². The normalized spacial score (nSPS) is 13.1. The molecule has 7 nitrogen and oxygen atoms in total. The fourth-order valence-electron chi connectivity index (χ4n) is 3.63. The molecule has 0 radical (unpaired) electrons. The van der Waals surface area contributed by atoms with E-state index in [1.807, 2.05) is 6.07 Å². The molecular weight excluding hydrogens is 400 g/mol. The first kappa shape index (κ1) is 20.3. The van der Waals surface area contributed by atoms with Crippen molar-refractivity contribution in [1.82, 2.24) is 20.6 Å². The summed E-state index contributed by atoms with van der Waals surface area (Å²) in [6.07, 6.45) is 7.73. The van der Waals surface area contributed by atoms with Crippen LogP contribution in [-0.2, 0) is 24.1 Å². The Balaban J connectivity index is 1.22. The smallest absolute Gasteiger partial charge is 0.257 e. The summed E-state index contributed by atoms with van der Waals surface area (Å²) < 4.78 is 0. The number of thiazole rings is 1. The number of nitrogens with one attached hydrogen (secondary N) is 3. The average Bonchev–Trinajstić information content (AvgIpc) is 3.18. The predicted molar refractivity (Wildman–Crippen MR) is 117 cm³/mol. The van der Waals surface area contributed by atoms with Gasteiger partial charge in [0.2, 0.25) is 11.3 Å². The Labute approximate surface area is 177 Å². The summed E-state index contributed by atoms with van der Waals surface area (Å²) in [5.74, 6) is -0.843. The van der Waals surface area contributed by atoms with E-state index in [4.69, 9.17) is 4.98 Å². The second kappa shape index (κ2) is 9.21. The Bertz CT molecular complexity index is 1110. The molecule has 1 aliphatic carbocycles. The number of para-hydroxylation sites is 1. The molecule has 3 aromatic rings. The van der Waals surface area contributed by atoms with Crippen molar-refractivity contribution in [3.63, 3.8) is 0 Å². The Kier molecular flexibility index (Phi) is 6.23. The molecule has 156 valence electrons. The van der Waals surface area contributed by atoms with Gasteiger partial charge in [-0.3, -0.25) is 14.4 Å². The van der Waals surface area contributed by atoms with Crippen LogP contribution in [-0.4, -0.2) is 34.9 Å². The highest BCUT2D eigenvalue weighted by Gasteiger charge is 2.15. The Morgan fingerprint density at radius 2 is 1.97 bits per heavy atom. The topological polar surface area (TPSA) is 104 Å². The van der Waals surface area contributed by atoms with E-state index >= 15 is 0 Å². The number of carbonyl (C=O) groups is 2. The number of fused-ring (bicyclic) bond motifs is 2. The third-order valence-electron chi connectivity index (χ3n) is 5.22. The molecule has 1 aromatic carbocycles. The first-order valence-corrected chi connectivity index (χ1v) is 11.1. The number of benzene rings is 1. The standard InChI is InChI=1S/C22H24N4O3S/c27-19(23-11-5-10-20-26-17-8-3-4-9-18(17)30-20)13-25-22(29)15-12-24-16-7-2-1-6-14(16)21(15)28/h1-2,6-7,12H,3-5,8-11,13H2,(H,23,27)(H,24,28)(H,25,29). The van der Waals surface area contributed by atoms with E-state index in [0.717, 1.165) is 30.7 Å². The number of hydrogen-bond acceptors (Lipinski definition) is 5. The SMILES string of the molecule is O=C(CNC(=O)c1c[nH]c2ccccc2c1=O)NCCCc1nc2c(s1)CCCC2. The van der Waals surface area contributed by atoms with Crippen LogP contribution in [0.1, 0.15) is 45.2 Å². The van der Waals surface area contributed by atoms with Crippen LogP contribution in [0.15, 0.2) is 35.3 Å². The lowest BCUT2D eigenvalue weighted by molar-refractivity contribution is -0.120. The van der Waals surface area contributed by atoms with E-state index in [-0.39, 0.29) is 23.4 Å². The molecule has 0 saturated heterocycles. The number of hydrogen-bond donors (Lipinski definition) is 3. The second-order valence-corrected chi connectivity index (χ2v) is 8.57. The third kappa shape index (κ3) is 4.59. The highest BCUT2D eigenvalue weighted by molar-refractivity contribution is 7.11. The van der Waals surface area contributed by atoms with Gasteiger partial charge in [0, 0.05) is 34.9 Å². The molecule has 0 unspecified atom stereocenters. The van der Waals surface area contributed by atoms with Crippen LogP contribution < -0.4 is 16.1 Å². The molecule has 0 atom stereocenters. The van der Waals surface area contributed by atoms with Gasteiger partial charge in [0.05, 0.1) is 17.2 Å². The molecule has 2 heterocycles. The molecule has 0 bridgehead atoms. The summed E-state index contributed by atoms with van der Waals surface area (Å²) in [6.45, 7) is 0.353. The molecule has 8 heteroatoms. The monoisotopic (exact) mass is 424 g/mol. The zero-order valence-electron chi connectivity index (χ0n) is 16.6. The molecule has 1 aliphatic rings. The number of aromatic nitrogens is 2. The van der Waals surface area contributed by atoms with Gasteiger partial charge in [-0.05, 0) is 44.2 Å². The van der Waals surface area contributed by atoms with Crippen molar-refractivity contribution in [3.05, 3.63) is 61.8 Å². The molecule has 30 heavy (non-hydrogen) atoms. The maximum atomic E-state index is 12.4. The van der Waals surface area contributed by atoms with E-state index in [1.54, 1.807) is 29.5 Å². The molecule has 4 rings (SSSR count). The van der Waals surface area contributed by atoms with Gasteiger partial charge in [0.15, 0.2) is 0 Å². The molecular formula is C22H24N4O3S. The summed E-state index contributed by atoms with van der Waals surface area (Å²) in [5.41, 5.74) is 1.57. The van der Waals surface area contributed by atoms with Gasteiger partial charge in [0.1, 0.15) is 5.56 Å². The number of amides is 2. The number of rotatable bonds is 7. The van der Waals surface area contributed by atoms with E-state index in [0.29, 0.717) is 17.4 Å². The van der Waals surface area contributed by atoms with Crippen molar-refractivity contribution in [2.24, 2.45) is 0 Å². The van der Waals surface area contributed by atoms with Crippen molar-refractivity contribution in [3.8, 4) is 0 Å². The average molecular weight is 425 g/mol. The van der Waals surface area contributed by atoms with E-state index in [1.165, 1.54) is 29.6 Å². The minimum Gasteiger partial charge on any atom is -0.360 e. The Hall–Kier alpha value is -3.00. The maximum absolute atomic E-state index is 12.4. The Morgan fingerprint density at radius 1 is 1.13 bits per heavy atom. The number of aromatic amines is 1. The van der Waals surface area contributed by atoms with Crippen molar-refractivity contribution in [1.29, 1.82) is 0 Å². The van der Waals surface area contributed by atoms with Crippen molar-refractivity contribution in [2.45, 2.75) is 38.5 Å². The summed E-state index contributed by atoms with van der Waals surface area (Å²) in [5, 5.41) is 6.90. The van der Waals surface area contributed by atoms with Gasteiger partial charge >= 0.3 is 0 Å². The lowest BCUT2D eigenvalue weighted by Crippen LogP contribution is -2.38. The van der Waals surface area contributed by atoms with E-state index in [2.05, 4.69) is 15.6 Å². The molecule has 2 aromatic heterocycles. The zero-order valence-corrected chi connectivity index (χ0v) is 17.4. The van der Waals surface area contributed by atoms with Crippen LogP contribution in [0.5, 0.6) is 0 Å². The highest BCUT2D eigenvalue weighted by Crippen LogP contribution is 2.27. The first-order chi connectivity index (χ1) is 14.6. The Morgan fingerprint density at radius 3 is 2.83 bits per heavy atom. The van der Waals surface area contributed by atoms with Crippen molar-refractivity contribution >= 4 is 34.1 Å². The van der Waals surface area contributed by atoms with Crippen LogP contribution in [0.3, 0.4) is 0 Å².